The van der Waals surface area contributed by atoms with Crippen molar-refractivity contribution in [3.05, 3.63) is 46.6 Å². The molecule has 1 saturated heterocycles. The van der Waals surface area contributed by atoms with Crippen LogP contribution in [0, 0.1) is 0 Å². The Labute approximate surface area is 173 Å². The highest BCUT2D eigenvalue weighted by atomic mass is 16.6. The Morgan fingerprint density at radius 2 is 1.66 bits per heavy atom. The Bertz CT molecular complexity index is 792. The minimum Gasteiger partial charge on any atom is -0.461 e. The minimum atomic E-state index is -1.05. The van der Waals surface area contributed by atoms with E-state index in [0.29, 0.717) is 6.42 Å². The zero-order valence-electron chi connectivity index (χ0n) is 18.2. The van der Waals surface area contributed by atoms with Gasteiger partial charge in [0.1, 0.15) is 6.61 Å². The molecule has 2 aliphatic rings. The van der Waals surface area contributed by atoms with E-state index in [4.69, 9.17) is 9.47 Å². The molecule has 0 aromatic carbocycles. The molecule has 2 rings (SSSR count). The summed E-state index contributed by atoms with van der Waals surface area (Å²) in [5.41, 5.74) is 3.07. The van der Waals surface area contributed by atoms with Gasteiger partial charge < -0.3 is 9.47 Å². The molecule has 1 heterocycles. The SMILES string of the molecule is CC(=O)OCC1=CC(=O)[C@]2(C/C=C(\C)CC/C=C(\C)CCC=C(C)C)O[C@@H]2C1=O. The maximum atomic E-state index is 12.5. The first-order valence-corrected chi connectivity index (χ1v) is 10.2. The third-order valence-electron chi connectivity index (χ3n) is 5.28. The predicted octanol–water partition coefficient (Wildman–Crippen LogP) is 4.57. The van der Waals surface area contributed by atoms with Crippen LogP contribution in [0.1, 0.15) is 66.7 Å². The summed E-state index contributed by atoms with van der Waals surface area (Å²) < 4.78 is 10.4. The summed E-state index contributed by atoms with van der Waals surface area (Å²) in [6.07, 6.45) is 11.5. The molecule has 0 aromatic heterocycles. The summed E-state index contributed by atoms with van der Waals surface area (Å²) in [6.45, 7) is 9.51. The van der Waals surface area contributed by atoms with Crippen LogP contribution in [-0.2, 0) is 23.9 Å². The first kappa shape index (κ1) is 23.0. The standard InChI is InChI=1S/C24H32O5/c1-16(2)8-6-9-17(3)10-7-11-18(4)12-13-24-21(26)14-20(15-28-19(5)25)22(27)23(24)29-24/h8,10,12,14,23H,6-7,9,11,13,15H2,1-5H3/b17-10+,18-12+/t23-,24+/m1/s1. The number of ether oxygens (including phenoxy) is 2. The summed E-state index contributed by atoms with van der Waals surface area (Å²) in [5.74, 6) is -0.963. The zero-order valence-corrected chi connectivity index (χ0v) is 18.2. The van der Waals surface area contributed by atoms with Crippen molar-refractivity contribution < 1.29 is 23.9 Å². The highest BCUT2D eigenvalue weighted by Gasteiger charge is 2.66. The average molecular weight is 401 g/mol. The Hall–Kier alpha value is -2.27. The molecule has 2 atom stereocenters. The number of fused-ring (bicyclic) bond motifs is 1. The van der Waals surface area contributed by atoms with Gasteiger partial charge in [-0.1, -0.05) is 34.9 Å². The topological polar surface area (TPSA) is 73.0 Å². The van der Waals surface area contributed by atoms with E-state index in [-0.39, 0.29) is 23.7 Å². The molecule has 0 spiro atoms. The lowest BCUT2D eigenvalue weighted by atomic mass is 9.85. The van der Waals surface area contributed by atoms with Gasteiger partial charge in [-0.3, -0.25) is 14.4 Å². The average Bonchev–Trinajstić information content (AvgIpc) is 3.38. The Kier molecular flexibility index (Phi) is 7.91. The molecule has 0 unspecified atom stereocenters. The first-order valence-electron chi connectivity index (χ1n) is 10.2. The van der Waals surface area contributed by atoms with Gasteiger partial charge in [-0.15, -0.1) is 0 Å². The maximum Gasteiger partial charge on any atom is 0.302 e. The van der Waals surface area contributed by atoms with E-state index in [0.717, 1.165) is 25.7 Å². The van der Waals surface area contributed by atoms with Crippen molar-refractivity contribution in [3.63, 3.8) is 0 Å². The van der Waals surface area contributed by atoms with Gasteiger partial charge in [0.25, 0.3) is 0 Å². The van der Waals surface area contributed by atoms with Crippen molar-refractivity contribution in [2.45, 2.75) is 78.4 Å². The molecule has 5 heteroatoms. The second-order valence-corrected chi connectivity index (χ2v) is 8.23. The highest BCUT2D eigenvalue weighted by Crippen LogP contribution is 2.46. The van der Waals surface area contributed by atoms with E-state index in [2.05, 4.69) is 32.9 Å². The summed E-state index contributed by atoms with van der Waals surface area (Å²) in [5, 5.41) is 0. The number of epoxide rings is 1. The molecule has 5 nitrogen and oxygen atoms in total. The monoisotopic (exact) mass is 400 g/mol. The van der Waals surface area contributed by atoms with E-state index >= 15 is 0 Å². The molecule has 29 heavy (non-hydrogen) atoms. The highest BCUT2D eigenvalue weighted by molar-refractivity contribution is 6.18. The van der Waals surface area contributed by atoms with E-state index in [1.807, 2.05) is 13.0 Å². The molecule has 0 saturated carbocycles. The molecule has 0 N–H and O–H groups in total. The molecule has 0 bridgehead atoms. The van der Waals surface area contributed by atoms with Crippen molar-refractivity contribution in [2.24, 2.45) is 0 Å². The largest absolute Gasteiger partial charge is 0.461 e. The van der Waals surface area contributed by atoms with Crippen molar-refractivity contribution in [1.29, 1.82) is 0 Å². The van der Waals surface area contributed by atoms with E-state index in [1.54, 1.807) is 0 Å². The molecule has 0 radical (unpaired) electrons. The van der Waals surface area contributed by atoms with Crippen LogP contribution < -0.4 is 0 Å². The van der Waals surface area contributed by atoms with Gasteiger partial charge in [-0.2, -0.15) is 0 Å². The number of carbonyl (C=O) groups is 3. The third-order valence-corrected chi connectivity index (χ3v) is 5.28. The first-order chi connectivity index (χ1) is 13.7. The Morgan fingerprint density at radius 3 is 2.28 bits per heavy atom. The van der Waals surface area contributed by atoms with Gasteiger partial charge >= 0.3 is 5.97 Å². The maximum absolute atomic E-state index is 12.5. The lowest BCUT2D eigenvalue weighted by Crippen LogP contribution is -2.35. The predicted molar refractivity (Wildman–Crippen MR) is 112 cm³/mol. The van der Waals surface area contributed by atoms with Crippen LogP contribution >= 0.6 is 0 Å². The number of esters is 1. The van der Waals surface area contributed by atoms with Crippen LogP contribution in [-0.4, -0.2) is 35.8 Å². The molecular weight excluding hydrogens is 368 g/mol. The van der Waals surface area contributed by atoms with Crippen molar-refractivity contribution in [3.8, 4) is 0 Å². The molecule has 1 aliphatic heterocycles. The van der Waals surface area contributed by atoms with Crippen molar-refractivity contribution in [2.75, 3.05) is 6.61 Å². The summed E-state index contributed by atoms with van der Waals surface area (Å²) >= 11 is 0. The zero-order chi connectivity index (χ0) is 21.6. The number of ketones is 2. The van der Waals surface area contributed by atoms with Crippen LogP contribution in [0.25, 0.3) is 0 Å². The van der Waals surface area contributed by atoms with E-state index < -0.39 is 17.7 Å². The molecule has 0 aromatic rings. The van der Waals surface area contributed by atoms with Crippen molar-refractivity contribution in [1.82, 2.24) is 0 Å². The fourth-order valence-corrected chi connectivity index (χ4v) is 3.36. The summed E-state index contributed by atoms with van der Waals surface area (Å²) in [7, 11) is 0. The molecule has 1 aliphatic carbocycles. The molecule has 1 fully saturated rings. The lowest BCUT2D eigenvalue weighted by Gasteiger charge is -2.14. The van der Waals surface area contributed by atoms with Gasteiger partial charge in [0.15, 0.2) is 23.3 Å². The Balaban J connectivity index is 1.85. The van der Waals surface area contributed by atoms with E-state index in [9.17, 15) is 14.4 Å². The van der Waals surface area contributed by atoms with Crippen LogP contribution in [0.15, 0.2) is 46.6 Å². The van der Waals surface area contributed by atoms with Crippen LogP contribution in [0.3, 0.4) is 0 Å². The van der Waals surface area contributed by atoms with Crippen LogP contribution in [0.4, 0.5) is 0 Å². The van der Waals surface area contributed by atoms with Crippen LogP contribution in [0.5, 0.6) is 0 Å². The number of carbonyl (C=O) groups excluding carboxylic acids is 3. The number of hydrogen-bond donors (Lipinski definition) is 0. The molecular formula is C24H32O5. The number of Topliss-reactive ketones (excluding diaryl/α,β-unsaturated/α-hetero) is 1. The number of allylic oxidation sites excluding steroid dienone is 5. The summed E-state index contributed by atoms with van der Waals surface area (Å²) in [6, 6.07) is 0. The van der Waals surface area contributed by atoms with Gasteiger partial charge in [0.05, 0.1) is 0 Å². The smallest absolute Gasteiger partial charge is 0.302 e. The van der Waals surface area contributed by atoms with E-state index in [1.165, 1.54) is 29.7 Å². The quantitative estimate of drug-likeness (QED) is 0.305. The second-order valence-electron chi connectivity index (χ2n) is 8.23. The second kappa shape index (κ2) is 9.97. The fourth-order valence-electron chi connectivity index (χ4n) is 3.36. The lowest BCUT2D eigenvalue weighted by molar-refractivity contribution is -0.140. The van der Waals surface area contributed by atoms with Gasteiger partial charge in [0, 0.05) is 18.9 Å². The third kappa shape index (κ3) is 6.36. The van der Waals surface area contributed by atoms with Crippen molar-refractivity contribution >= 4 is 17.5 Å². The Morgan fingerprint density at radius 1 is 1.03 bits per heavy atom. The minimum absolute atomic E-state index is 0.177. The van der Waals surface area contributed by atoms with Gasteiger partial charge in [0.2, 0.25) is 0 Å². The van der Waals surface area contributed by atoms with Gasteiger partial charge in [-0.05, 0) is 59.5 Å². The molecule has 0 amide bonds. The number of hydrogen-bond acceptors (Lipinski definition) is 5. The summed E-state index contributed by atoms with van der Waals surface area (Å²) in [4.78, 5) is 35.8. The number of rotatable bonds is 10. The normalized spacial score (nSPS) is 24.0. The van der Waals surface area contributed by atoms with Crippen LogP contribution in [0.2, 0.25) is 0 Å². The molecule has 158 valence electrons. The van der Waals surface area contributed by atoms with Gasteiger partial charge in [-0.25, -0.2) is 0 Å². The fraction of sp³-hybridized carbons (Fsp3) is 0.542.